The van der Waals surface area contributed by atoms with Gasteiger partial charge in [-0.2, -0.15) is 0 Å². The Balaban J connectivity index is 2.06. The monoisotopic (exact) mass is 414 g/mol. The van der Waals surface area contributed by atoms with Gasteiger partial charge in [-0.15, -0.1) is 0 Å². The highest BCUT2D eigenvalue weighted by Crippen LogP contribution is 2.17. The van der Waals surface area contributed by atoms with Gasteiger partial charge in [-0.3, -0.25) is 9.36 Å². The minimum atomic E-state index is -0.473. The molecule has 0 atom stereocenters. The molecule has 3 nitrogen and oxygen atoms in total. The highest BCUT2D eigenvalue weighted by molar-refractivity contribution is 14.1. The summed E-state index contributed by atoms with van der Waals surface area (Å²) in [6.45, 7) is 0.299. The molecular weight excluding hydrogens is 406 g/mol. The summed E-state index contributed by atoms with van der Waals surface area (Å²) in [7, 11) is 0. The van der Waals surface area contributed by atoms with E-state index in [4.69, 9.17) is 11.6 Å². The number of halogens is 3. The van der Waals surface area contributed by atoms with Gasteiger partial charge in [0.15, 0.2) is 0 Å². The van der Waals surface area contributed by atoms with E-state index in [-0.39, 0.29) is 10.6 Å². The smallest absolute Gasteiger partial charge is 0.261 e. The van der Waals surface area contributed by atoms with E-state index < -0.39 is 5.82 Å². The second kappa shape index (κ2) is 5.73. The molecule has 0 fully saturated rings. The molecule has 21 heavy (non-hydrogen) atoms. The normalized spacial score (nSPS) is 11.0. The molecule has 3 rings (SSSR count). The Morgan fingerprint density at radius 1 is 1.24 bits per heavy atom. The Morgan fingerprint density at radius 2 is 2.05 bits per heavy atom. The van der Waals surface area contributed by atoms with Gasteiger partial charge in [0.05, 0.1) is 28.8 Å². The van der Waals surface area contributed by atoms with Crippen molar-refractivity contribution in [1.82, 2.24) is 9.55 Å². The first kappa shape index (κ1) is 14.5. The van der Waals surface area contributed by atoms with Gasteiger partial charge in [-0.1, -0.05) is 17.7 Å². The van der Waals surface area contributed by atoms with Crippen molar-refractivity contribution in [1.29, 1.82) is 0 Å². The van der Waals surface area contributed by atoms with E-state index in [1.807, 2.05) is 12.1 Å². The molecule has 0 unspecified atom stereocenters. The standard InChI is InChI=1S/C15H9ClFIN2O/c16-12-5-9(1-3-13(12)17)7-20-8-19-14-4-2-10(18)6-11(14)15(20)21/h1-6,8H,7H2. The summed E-state index contributed by atoms with van der Waals surface area (Å²) in [6.07, 6.45) is 1.49. The molecule has 0 radical (unpaired) electrons. The van der Waals surface area contributed by atoms with Gasteiger partial charge in [0.2, 0.25) is 0 Å². The van der Waals surface area contributed by atoms with Crippen LogP contribution in [0.4, 0.5) is 4.39 Å². The summed E-state index contributed by atoms with van der Waals surface area (Å²) >= 11 is 7.91. The predicted molar refractivity (Wildman–Crippen MR) is 89.2 cm³/mol. The summed E-state index contributed by atoms with van der Waals surface area (Å²) in [5.74, 6) is -0.473. The Bertz CT molecular complexity index is 894. The molecular formula is C15H9ClFIN2O. The van der Waals surface area contributed by atoms with Crippen molar-refractivity contribution in [2.24, 2.45) is 0 Å². The van der Waals surface area contributed by atoms with Gasteiger partial charge in [-0.05, 0) is 58.5 Å². The highest BCUT2D eigenvalue weighted by atomic mass is 127. The second-order valence-electron chi connectivity index (χ2n) is 4.59. The van der Waals surface area contributed by atoms with Gasteiger partial charge in [0.1, 0.15) is 5.82 Å². The van der Waals surface area contributed by atoms with E-state index in [0.717, 1.165) is 9.13 Å². The Labute approximate surface area is 138 Å². The van der Waals surface area contributed by atoms with E-state index >= 15 is 0 Å². The largest absolute Gasteiger partial charge is 0.294 e. The molecule has 0 aliphatic carbocycles. The number of rotatable bonds is 2. The van der Waals surface area contributed by atoms with Crippen molar-refractivity contribution in [3.63, 3.8) is 0 Å². The van der Waals surface area contributed by atoms with Crippen LogP contribution in [0.25, 0.3) is 10.9 Å². The summed E-state index contributed by atoms with van der Waals surface area (Å²) < 4.78 is 15.6. The Morgan fingerprint density at radius 3 is 2.81 bits per heavy atom. The number of fused-ring (bicyclic) bond motifs is 1. The lowest BCUT2D eigenvalue weighted by molar-refractivity contribution is 0.626. The van der Waals surface area contributed by atoms with E-state index in [9.17, 15) is 9.18 Å². The van der Waals surface area contributed by atoms with Crippen molar-refractivity contribution >= 4 is 45.1 Å². The van der Waals surface area contributed by atoms with Crippen LogP contribution in [0.15, 0.2) is 47.5 Å². The quantitative estimate of drug-likeness (QED) is 0.597. The molecule has 0 amide bonds. The van der Waals surface area contributed by atoms with Crippen LogP contribution in [0.5, 0.6) is 0 Å². The number of hydrogen-bond acceptors (Lipinski definition) is 2. The molecule has 0 bridgehead atoms. The van der Waals surface area contributed by atoms with Crippen LogP contribution < -0.4 is 5.56 Å². The third-order valence-corrected chi connectivity index (χ3v) is 4.08. The van der Waals surface area contributed by atoms with Crippen LogP contribution in [0.3, 0.4) is 0 Å². The molecule has 1 heterocycles. The van der Waals surface area contributed by atoms with Crippen molar-refractivity contribution in [2.45, 2.75) is 6.54 Å². The zero-order valence-corrected chi connectivity index (χ0v) is 13.6. The maximum absolute atomic E-state index is 13.2. The zero-order chi connectivity index (χ0) is 15.0. The Kier molecular flexibility index (Phi) is 3.95. The van der Waals surface area contributed by atoms with Crippen LogP contribution in [0.1, 0.15) is 5.56 Å². The molecule has 1 aromatic heterocycles. The average molecular weight is 415 g/mol. The molecule has 0 N–H and O–H groups in total. The summed E-state index contributed by atoms with van der Waals surface area (Å²) in [5, 5.41) is 0.612. The summed E-state index contributed by atoms with van der Waals surface area (Å²) in [6, 6.07) is 9.94. The minimum Gasteiger partial charge on any atom is -0.294 e. The van der Waals surface area contributed by atoms with Gasteiger partial charge >= 0.3 is 0 Å². The lowest BCUT2D eigenvalue weighted by Crippen LogP contribution is -2.21. The first-order chi connectivity index (χ1) is 10.0. The molecule has 2 aromatic carbocycles. The van der Waals surface area contributed by atoms with Crippen LogP contribution >= 0.6 is 34.2 Å². The minimum absolute atomic E-state index is 0.0452. The van der Waals surface area contributed by atoms with Crippen LogP contribution in [0, 0.1) is 9.39 Å². The van der Waals surface area contributed by atoms with Crippen molar-refractivity contribution in [3.8, 4) is 0 Å². The number of benzene rings is 2. The molecule has 3 aromatic rings. The van der Waals surface area contributed by atoms with Crippen molar-refractivity contribution in [3.05, 3.63) is 73.1 Å². The lowest BCUT2D eigenvalue weighted by atomic mass is 10.2. The van der Waals surface area contributed by atoms with Crippen LogP contribution in [-0.2, 0) is 6.54 Å². The Hall–Kier alpha value is -1.47. The first-order valence-electron chi connectivity index (χ1n) is 6.13. The van der Waals surface area contributed by atoms with E-state index in [1.165, 1.54) is 23.0 Å². The number of aromatic nitrogens is 2. The molecule has 0 saturated carbocycles. The molecule has 106 valence electrons. The third-order valence-electron chi connectivity index (χ3n) is 3.12. The topological polar surface area (TPSA) is 34.9 Å². The van der Waals surface area contributed by atoms with E-state index in [1.54, 1.807) is 12.1 Å². The van der Waals surface area contributed by atoms with Gasteiger partial charge < -0.3 is 0 Å². The van der Waals surface area contributed by atoms with Crippen molar-refractivity contribution < 1.29 is 4.39 Å². The predicted octanol–water partition coefficient (Wildman–Crippen LogP) is 3.84. The highest BCUT2D eigenvalue weighted by Gasteiger charge is 2.07. The maximum atomic E-state index is 13.2. The lowest BCUT2D eigenvalue weighted by Gasteiger charge is -2.07. The number of hydrogen-bond donors (Lipinski definition) is 0. The van der Waals surface area contributed by atoms with Gasteiger partial charge in [-0.25, -0.2) is 9.37 Å². The average Bonchev–Trinajstić information content (AvgIpc) is 2.46. The van der Waals surface area contributed by atoms with Crippen LogP contribution in [-0.4, -0.2) is 9.55 Å². The van der Waals surface area contributed by atoms with E-state index in [0.29, 0.717) is 17.4 Å². The van der Waals surface area contributed by atoms with Crippen LogP contribution in [0.2, 0.25) is 5.02 Å². The summed E-state index contributed by atoms with van der Waals surface area (Å²) in [4.78, 5) is 16.7. The first-order valence-corrected chi connectivity index (χ1v) is 7.59. The molecule has 0 aliphatic rings. The molecule has 0 aliphatic heterocycles. The second-order valence-corrected chi connectivity index (χ2v) is 6.24. The molecule has 0 spiro atoms. The number of nitrogens with zero attached hydrogens (tertiary/aromatic N) is 2. The maximum Gasteiger partial charge on any atom is 0.261 e. The third kappa shape index (κ3) is 2.94. The fourth-order valence-corrected chi connectivity index (χ4v) is 2.77. The van der Waals surface area contributed by atoms with Gasteiger partial charge in [0, 0.05) is 3.57 Å². The molecule has 0 saturated heterocycles. The summed E-state index contributed by atoms with van der Waals surface area (Å²) in [5.41, 5.74) is 1.28. The SMILES string of the molecule is O=c1c2cc(I)ccc2ncn1Cc1ccc(F)c(Cl)c1. The fraction of sp³-hybridized carbons (Fsp3) is 0.0667. The fourth-order valence-electron chi connectivity index (χ4n) is 2.08. The molecule has 6 heteroatoms. The van der Waals surface area contributed by atoms with E-state index in [2.05, 4.69) is 27.6 Å². The zero-order valence-electron chi connectivity index (χ0n) is 10.7. The van der Waals surface area contributed by atoms with Gasteiger partial charge in [0.25, 0.3) is 5.56 Å². The van der Waals surface area contributed by atoms with Crippen molar-refractivity contribution in [2.75, 3.05) is 0 Å².